The standard InChI is InChI=1S/C29H33N3O4/c1-29-15-17-32(16-14-20-8-6-5-7-9-20)27(29)31(2)24-12-11-22(19-23(24)29)36-28(33)30-21-10-13-25(34-3)26(18-21)35-4/h5-13,18-19,27H,14-17H2,1-4H3,(H,30,33)/t27-,29-/m0/s1. The molecule has 0 spiro atoms. The number of amides is 1. The Bertz CT molecular complexity index is 1250. The molecule has 0 aromatic heterocycles. The molecule has 188 valence electrons. The molecule has 0 aliphatic carbocycles. The Hall–Kier alpha value is -3.71. The molecule has 2 heterocycles. The summed E-state index contributed by atoms with van der Waals surface area (Å²) >= 11 is 0. The van der Waals surface area contributed by atoms with Crippen LogP contribution in [0.1, 0.15) is 24.5 Å². The summed E-state index contributed by atoms with van der Waals surface area (Å²) in [5.74, 6) is 1.66. The quantitative estimate of drug-likeness (QED) is 0.488. The highest BCUT2D eigenvalue weighted by Gasteiger charge is 2.53. The first-order valence-corrected chi connectivity index (χ1v) is 12.3. The van der Waals surface area contributed by atoms with Crippen LogP contribution in [0, 0.1) is 0 Å². The van der Waals surface area contributed by atoms with E-state index in [2.05, 4.69) is 65.5 Å². The van der Waals surface area contributed by atoms with Crippen LogP contribution in [0.2, 0.25) is 0 Å². The lowest BCUT2D eigenvalue weighted by molar-refractivity contribution is 0.215. The van der Waals surface area contributed by atoms with Crippen LogP contribution < -0.4 is 24.4 Å². The Morgan fingerprint density at radius 3 is 2.56 bits per heavy atom. The minimum Gasteiger partial charge on any atom is -0.493 e. The lowest BCUT2D eigenvalue weighted by Gasteiger charge is -2.34. The van der Waals surface area contributed by atoms with Gasteiger partial charge in [0.05, 0.1) is 20.4 Å². The van der Waals surface area contributed by atoms with Gasteiger partial charge in [0.15, 0.2) is 11.5 Å². The first kappa shape index (κ1) is 24.0. The average molecular weight is 488 g/mol. The smallest absolute Gasteiger partial charge is 0.417 e. The number of nitrogens with zero attached hydrogens (tertiary/aromatic N) is 2. The molecule has 1 saturated heterocycles. The predicted molar refractivity (Wildman–Crippen MR) is 142 cm³/mol. The van der Waals surface area contributed by atoms with Gasteiger partial charge in [-0.1, -0.05) is 37.3 Å². The van der Waals surface area contributed by atoms with Gasteiger partial charge in [-0.3, -0.25) is 10.2 Å². The SMILES string of the molecule is COc1ccc(NC(=O)Oc2ccc3c(c2)[C@]2(C)CCN(CCc4ccccc4)[C@@H]2N3C)cc1OC. The molecule has 1 fully saturated rings. The largest absolute Gasteiger partial charge is 0.493 e. The van der Waals surface area contributed by atoms with E-state index in [4.69, 9.17) is 14.2 Å². The van der Waals surface area contributed by atoms with Gasteiger partial charge >= 0.3 is 6.09 Å². The van der Waals surface area contributed by atoms with E-state index in [1.807, 2.05) is 12.1 Å². The van der Waals surface area contributed by atoms with Gasteiger partial charge in [-0.2, -0.15) is 0 Å². The normalized spacial score (nSPS) is 20.6. The van der Waals surface area contributed by atoms with Crippen molar-refractivity contribution in [3.63, 3.8) is 0 Å². The highest BCUT2D eigenvalue weighted by molar-refractivity contribution is 5.87. The van der Waals surface area contributed by atoms with Gasteiger partial charge in [0.2, 0.25) is 0 Å². The first-order valence-electron chi connectivity index (χ1n) is 12.3. The van der Waals surface area contributed by atoms with E-state index < -0.39 is 6.09 Å². The number of likely N-dealkylation sites (N-methyl/N-ethyl adjacent to an activating group) is 1. The van der Waals surface area contributed by atoms with Gasteiger partial charge in [0, 0.05) is 43.0 Å². The molecule has 2 atom stereocenters. The predicted octanol–water partition coefficient (Wildman–Crippen LogP) is 5.30. The fraction of sp³-hybridized carbons (Fsp3) is 0.345. The molecule has 0 unspecified atom stereocenters. The van der Waals surface area contributed by atoms with Crippen molar-refractivity contribution in [1.82, 2.24) is 4.90 Å². The second-order valence-corrected chi connectivity index (χ2v) is 9.69. The van der Waals surface area contributed by atoms with Crippen molar-refractivity contribution in [3.8, 4) is 17.2 Å². The number of benzene rings is 3. The number of ether oxygens (including phenoxy) is 3. The third-order valence-corrected chi connectivity index (χ3v) is 7.54. The Morgan fingerprint density at radius 1 is 1.03 bits per heavy atom. The van der Waals surface area contributed by atoms with E-state index >= 15 is 0 Å². The molecule has 1 N–H and O–H groups in total. The number of anilines is 2. The fourth-order valence-corrected chi connectivity index (χ4v) is 5.77. The van der Waals surface area contributed by atoms with E-state index in [0.29, 0.717) is 22.9 Å². The summed E-state index contributed by atoms with van der Waals surface area (Å²) in [6.07, 6.45) is 1.83. The lowest BCUT2D eigenvalue weighted by Crippen LogP contribution is -2.47. The molecule has 3 aromatic rings. The van der Waals surface area contributed by atoms with Crippen LogP contribution in [-0.4, -0.2) is 51.5 Å². The zero-order chi connectivity index (χ0) is 25.3. The van der Waals surface area contributed by atoms with Gasteiger partial charge in [-0.15, -0.1) is 0 Å². The van der Waals surface area contributed by atoms with E-state index in [0.717, 1.165) is 25.9 Å². The molecule has 1 amide bonds. The van der Waals surface area contributed by atoms with Crippen LogP contribution in [0.4, 0.5) is 16.2 Å². The molecule has 0 saturated carbocycles. The second kappa shape index (κ2) is 9.74. The number of fused-ring (bicyclic) bond motifs is 3. The molecule has 36 heavy (non-hydrogen) atoms. The zero-order valence-electron chi connectivity index (χ0n) is 21.3. The summed E-state index contributed by atoms with van der Waals surface area (Å²) in [5, 5.41) is 2.77. The van der Waals surface area contributed by atoms with Crippen molar-refractivity contribution in [2.24, 2.45) is 0 Å². The van der Waals surface area contributed by atoms with Crippen LogP contribution in [0.15, 0.2) is 66.7 Å². The topological polar surface area (TPSA) is 63.3 Å². The third kappa shape index (κ3) is 4.35. The van der Waals surface area contributed by atoms with Crippen LogP contribution in [-0.2, 0) is 11.8 Å². The van der Waals surface area contributed by atoms with Crippen LogP contribution in [0.25, 0.3) is 0 Å². The average Bonchev–Trinajstić information content (AvgIpc) is 3.34. The minimum atomic E-state index is -0.550. The van der Waals surface area contributed by atoms with Crippen LogP contribution in [0.5, 0.6) is 17.2 Å². The van der Waals surface area contributed by atoms with Gasteiger partial charge < -0.3 is 19.1 Å². The number of rotatable bonds is 7. The van der Waals surface area contributed by atoms with Gasteiger partial charge in [-0.25, -0.2) is 4.79 Å². The summed E-state index contributed by atoms with van der Waals surface area (Å²) in [6.45, 7) is 4.39. The molecule has 5 rings (SSSR count). The van der Waals surface area contributed by atoms with Crippen LogP contribution >= 0.6 is 0 Å². The highest BCUT2D eigenvalue weighted by atomic mass is 16.6. The van der Waals surface area contributed by atoms with Crippen LogP contribution in [0.3, 0.4) is 0 Å². The molecule has 7 nitrogen and oxygen atoms in total. The summed E-state index contributed by atoms with van der Waals surface area (Å²) < 4.78 is 16.2. The van der Waals surface area contributed by atoms with E-state index in [1.165, 1.54) is 16.8 Å². The maximum atomic E-state index is 12.7. The van der Waals surface area contributed by atoms with Crippen molar-refractivity contribution in [2.75, 3.05) is 44.6 Å². The monoisotopic (exact) mass is 487 g/mol. The highest BCUT2D eigenvalue weighted by Crippen LogP contribution is 2.52. The summed E-state index contributed by atoms with van der Waals surface area (Å²) in [7, 11) is 5.30. The number of methoxy groups -OCH3 is 2. The molecule has 0 radical (unpaired) electrons. The first-order chi connectivity index (χ1) is 17.4. The van der Waals surface area contributed by atoms with Gasteiger partial charge in [0.1, 0.15) is 5.75 Å². The fourth-order valence-electron chi connectivity index (χ4n) is 5.77. The zero-order valence-corrected chi connectivity index (χ0v) is 21.3. The molecular formula is C29H33N3O4. The lowest BCUT2D eigenvalue weighted by atomic mass is 9.81. The van der Waals surface area contributed by atoms with Gasteiger partial charge in [0.25, 0.3) is 0 Å². The molecular weight excluding hydrogens is 454 g/mol. The maximum absolute atomic E-state index is 12.7. The third-order valence-electron chi connectivity index (χ3n) is 7.54. The van der Waals surface area contributed by atoms with Gasteiger partial charge in [-0.05, 0) is 54.3 Å². The molecule has 3 aromatic carbocycles. The maximum Gasteiger partial charge on any atom is 0.417 e. The number of likely N-dealkylation sites (tertiary alicyclic amines) is 1. The minimum absolute atomic E-state index is 0.0278. The van der Waals surface area contributed by atoms with E-state index in [9.17, 15) is 4.79 Å². The van der Waals surface area contributed by atoms with E-state index in [1.54, 1.807) is 32.4 Å². The molecule has 7 heteroatoms. The molecule has 0 bridgehead atoms. The van der Waals surface area contributed by atoms with E-state index in [-0.39, 0.29) is 11.6 Å². The summed E-state index contributed by atoms with van der Waals surface area (Å²) in [6, 6.07) is 21.8. The van der Waals surface area contributed by atoms with Crippen molar-refractivity contribution < 1.29 is 19.0 Å². The second-order valence-electron chi connectivity index (χ2n) is 9.69. The summed E-state index contributed by atoms with van der Waals surface area (Å²) in [5.41, 5.74) is 4.32. The molecule has 2 aliphatic rings. The number of nitrogens with one attached hydrogen (secondary N) is 1. The number of carbonyl (C=O) groups is 1. The van der Waals surface area contributed by atoms with Crippen molar-refractivity contribution in [1.29, 1.82) is 0 Å². The molecule has 2 aliphatic heterocycles. The summed E-state index contributed by atoms with van der Waals surface area (Å²) in [4.78, 5) is 17.6. The number of hydrogen-bond donors (Lipinski definition) is 1. The number of carbonyl (C=O) groups excluding carboxylic acids is 1. The Morgan fingerprint density at radius 2 is 1.81 bits per heavy atom. The Balaban J connectivity index is 1.29. The Labute approximate surface area is 212 Å². The Kier molecular flexibility index (Phi) is 6.49. The van der Waals surface area contributed by atoms with Crippen molar-refractivity contribution in [3.05, 3.63) is 77.9 Å². The van der Waals surface area contributed by atoms with Crippen molar-refractivity contribution in [2.45, 2.75) is 31.3 Å². The van der Waals surface area contributed by atoms with Crippen molar-refractivity contribution >= 4 is 17.5 Å². The number of hydrogen-bond acceptors (Lipinski definition) is 6.